The number of nitrogens with zero attached hydrogens (tertiary/aromatic N) is 1. The normalized spacial score (nSPS) is 28.6. The van der Waals surface area contributed by atoms with Crippen LogP contribution in [0.5, 0.6) is 0 Å². The summed E-state index contributed by atoms with van der Waals surface area (Å²) in [6.45, 7) is 3.09. The van der Waals surface area contributed by atoms with Crippen molar-refractivity contribution in [2.24, 2.45) is 11.8 Å². The summed E-state index contributed by atoms with van der Waals surface area (Å²) in [7, 11) is 0. The van der Waals surface area contributed by atoms with E-state index in [4.69, 9.17) is 0 Å². The second-order valence-electron chi connectivity index (χ2n) is 5.53. The molecule has 0 radical (unpaired) electrons. The fourth-order valence-corrected chi connectivity index (χ4v) is 3.18. The highest BCUT2D eigenvalue weighted by Crippen LogP contribution is 2.41. The van der Waals surface area contributed by atoms with E-state index in [1.54, 1.807) is 6.07 Å². The monoisotopic (exact) mass is 257 g/mol. The first-order chi connectivity index (χ1) is 9.31. The number of nitrogens with one attached hydrogen (secondary N) is 2. The first-order valence-electron chi connectivity index (χ1n) is 6.80. The zero-order valence-corrected chi connectivity index (χ0v) is 10.6. The van der Waals surface area contributed by atoms with Crippen LogP contribution < -0.4 is 10.6 Å². The van der Waals surface area contributed by atoms with Gasteiger partial charge in [-0.1, -0.05) is 6.07 Å². The van der Waals surface area contributed by atoms with Gasteiger partial charge in [0.2, 0.25) is 0 Å². The number of fused-ring (bicyclic) bond motifs is 2. The van der Waals surface area contributed by atoms with Crippen LogP contribution in [0.25, 0.3) is 10.9 Å². The highest BCUT2D eigenvalue weighted by Gasteiger charge is 2.52. The molecule has 0 spiro atoms. The lowest BCUT2D eigenvalue weighted by atomic mass is 10.2. The standard InChI is InChI=1S/C15H16FN3/c16-10-2-4-14-9(5-10)1-3-11(19-14)6-18-15-12-7-17-8-13(12)15/h1-5,12-13,15,17-18H,6-8H2/t12-,13+,15?. The lowest BCUT2D eigenvalue weighted by Crippen LogP contribution is -2.27. The molecule has 2 aliphatic rings. The summed E-state index contributed by atoms with van der Waals surface area (Å²) < 4.78 is 13.1. The summed E-state index contributed by atoms with van der Waals surface area (Å²) in [6, 6.07) is 9.30. The van der Waals surface area contributed by atoms with E-state index in [0.717, 1.165) is 48.1 Å². The number of rotatable bonds is 3. The van der Waals surface area contributed by atoms with E-state index in [2.05, 4.69) is 15.6 Å². The number of hydrogen-bond donors (Lipinski definition) is 2. The number of piperidine rings is 1. The van der Waals surface area contributed by atoms with Gasteiger partial charge in [0.05, 0.1) is 11.2 Å². The molecule has 1 aliphatic carbocycles. The minimum Gasteiger partial charge on any atom is -0.316 e. The van der Waals surface area contributed by atoms with E-state index in [1.807, 2.05) is 12.1 Å². The zero-order chi connectivity index (χ0) is 12.8. The van der Waals surface area contributed by atoms with Crippen molar-refractivity contribution in [3.63, 3.8) is 0 Å². The molecule has 1 aromatic carbocycles. The molecule has 3 nitrogen and oxygen atoms in total. The lowest BCUT2D eigenvalue weighted by molar-refractivity contribution is 0.562. The average Bonchev–Trinajstić information content (AvgIpc) is 2.85. The SMILES string of the molecule is Fc1ccc2nc(CNC3[C@H]4CNC[C@@H]34)ccc2c1. The lowest BCUT2D eigenvalue weighted by Gasteiger charge is -2.07. The summed E-state index contributed by atoms with van der Waals surface area (Å²) in [5.41, 5.74) is 1.88. The van der Waals surface area contributed by atoms with Gasteiger partial charge in [-0.05, 0) is 49.2 Å². The maximum absolute atomic E-state index is 13.1. The molecule has 1 saturated carbocycles. The molecule has 19 heavy (non-hydrogen) atoms. The number of halogens is 1. The third-order valence-corrected chi connectivity index (χ3v) is 4.32. The van der Waals surface area contributed by atoms with Gasteiger partial charge in [0, 0.05) is 18.0 Å². The van der Waals surface area contributed by atoms with Gasteiger partial charge in [-0.15, -0.1) is 0 Å². The Hall–Kier alpha value is -1.52. The zero-order valence-electron chi connectivity index (χ0n) is 10.6. The van der Waals surface area contributed by atoms with Gasteiger partial charge in [0.1, 0.15) is 5.82 Å². The summed E-state index contributed by atoms with van der Waals surface area (Å²) in [5.74, 6) is 1.42. The Morgan fingerprint density at radius 1 is 1.21 bits per heavy atom. The van der Waals surface area contributed by atoms with Crippen LogP contribution >= 0.6 is 0 Å². The van der Waals surface area contributed by atoms with Crippen LogP contribution in [-0.2, 0) is 6.54 Å². The molecule has 1 aromatic heterocycles. The van der Waals surface area contributed by atoms with Crippen molar-refractivity contribution < 1.29 is 4.39 Å². The number of benzene rings is 1. The molecule has 0 bridgehead atoms. The van der Waals surface area contributed by atoms with Crippen LogP contribution in [0.4, 0.5) is 4.39 Å². The van der Waals surface area contributed by atoms with E-state index < -0.39 is 0 Å². The van der Waals surface area contributed by atoms with Crippen molar-refractivity contribution in [2.45, 2.75) is 12.6 Å². The van der Waals surface area contributed by atoms with Crippen molar-refractivity contribution in [1.82, 2.24) is 15.6 Å². The Labute approximate surface area is 111 Å². The highest BCUT2D eigenvalue weighted by molar-refractivity contribution is 5.78. The summed E-state index contributed by atoms with van der Waals surface area (Å²) >= 11 is 0. The molecule has 3 atom stereocenters. The fraction of sp³-hybridized carbons (Fsp3) is 0.400. The summed E-state index contributed by atoms with van der Waals surface area (Å²) in [4.78, 5) is 4.57. The van der Waals surface area contributed by atoms with Crippen LogP contribution in [-0.4, -0.2) is 24.1 Å². The van der Waals surface area contributed by atoms with Gasteiger partial charge in [-0.25, -0.2) is 4.39 Å². The van der Waals surface area contributed by atoms with Crippen LogP contribution in [0.2, 0.25) is 0 Å². The molecule has 1 unspecified atom stereocenters. The molecule has 4 rings (SSSR count). The van der Waals surface area contributed by atoms with Gasteiger partial charge in [-0.3, -0.25) is 4.98 Å². The van der Waals surface area contributed by atoms with Gasteiger partial charge >= 0.3 is 0 Å². The number of hydrogen-bond acceptors (Lipinski definition) is 3. The van der Waals surface area contributed by atoms with Gasteiger partial charge < -0.3 is 10.6 Å². The summed E-state index contributed by atoms with van der Waals surface area (Å²) in [5, 5.41) is 7.82. The van der Waals surface area contributed by atoms with Crippen molar-refractivity contribution in [3.8, 4) is 0 Å². The Morgan fingerprint density at radius 3 is 2.89 bits per heavy atom. The van der Waals surface area contributed by atoms with E-state index in [9.17, 15) is 4.39 Å². The van der Waals surface area contributed by atoms with Crippen molar-refractivity contribution in [1.29, 1.82) is 0 Å². The van der Waals surface area contributed by atoms with E-state index in [-0.39, 0.29) is 5.82 Å². The van der Waals surface area contributed by atoms with Crippen molar-refractivity contribution in [3.05, 3.63) is 41.8 Å². The third-order valence-electron chi connectivity index (χ3n) is 4.32. The minimum atomic E-state index is -0.210. The Bertz CT molecular complexity index is 618. The van der Waals surface area contributed by atoms with Crippen LogP contribution in [0.1, 0.15) is 5.69 Å². The molecule has 1 aliphatic heterocycles. The molecule has 1 saturated heterocycles. The smallest absolute Gasteiger partial charge is 0.123 e. The molecular weight excluding hydrogens is 241 g/mol. The quantitative estimate of drug-likeness (QED) is 0.878. The van der Waals surface area contributed by atoms with Crippen LogP contribution in [0.15, 0.2) is 30.3 Å². The molecule has 2 N–H and O–H groups in total. The van der Waals surface area contributed by atoms with Crippen LogP contribution in [0, 0.1) is 17.7 Å². The second-order valence-corrected chi connectivity index (χ2v) is 5.53. The highest BCUT2D eigenvalue weighted by atomic mass is 19.1. The first-order valence-corrected chi connectivity index (χ1v) is 6.80. The summed E-state index contributed by atoms with van der Waals surface area (Å²) in [6.07, 6.45) is 0. The molecule has 2 aromatic rings. The average molecular weight is 257 g/mol. The Kier molecular flexibility index (Phi) is 2.53. The Balaban J connectivity index is 1.47. The predicted octanol–water partition coefficient (Wildman–Crippen LogP) is 1.68. The van der Waals surface area contributed by atoms with Gasteiger partial charge in [0.15, 0.2) is 0 Å². The second kappa shape index (κ2) is 4.25. The van der Waals surface area contributed by atoms with Gasteiger partial charge in [0.25, 0.3) is 0 Å². The Morgan fingerprint density at radius 2 is 2.05 bits per heavy atom. The molecule has 0 amide bonds. The largest absolute Gasteiger partial charge is 0.316 e. The first kappa shape index (κ1) is 11.3. The van der Waals surface area contributed by atoms with Crippen molar-refractivity contribution >= 4 is 10.9 Å². The predicted molar refractivity (Wildman–Crippen MR) is 72.2 cm³/mol. The van der Waals surface area contributed by atoms with E-state index in [0.29, 0.717) is 6.04 Å². The minimum absolute atomic E-state index is 0.210. The third kappa shape index (κ3) is 2.01. The van der Waals surface area contributed by atoms with E-state index in [1.165, 1.54) is 12.1 Å². The van der Waals surface area contributed by atoms with Crippen molar-refractivity contribution in [2.75, 3.05) is 13.1 Å². The molecular formula is C15H16FN3. The number of pyridine rings is 1. The number of aromatic nitrogens is 1. The fourth-order valence-electron chi connectivity index (χ4n) is 3.18. The molecule has 98 valence electrons. The topological polar surface area (TPSA) is 37.0 Å². The van der Waals surface area contributed by atoms with Gasteiger partial charge in [-0.2, -0.15) is 0 Å². The van der Waals surface area contributed by atoms with E-state index >= 15 is 0 Å². The molecule has 2 fully saturated rings. The molecule has 4 heteroatoms. The maximum atomic E-state index is 13.1. The maximum Gasteiger partial charge on any atom is 0.123 e. The molecule has 2 heterocycles. The van der Waals surface area contributed by atoms with Crippen LogP contribution in [0.3, 0.4) is 0 Å².